The normalized spacial score (nSPS) is 15.9. The molecule has 7 heteroatoms. The summed E-state index contributed by atoms with van der Waals surface area (Å²) in [6.45, 7) is 3.02. The molecule has 1 aliphatic rings. The van der Waals surface area contributed by atoms with E-state index in [1.165, 1.54) is 11.6 Å². The molecule has 0 spiro atoms. The zero-order valence-electron chi connectivity index (χ0n) is 17.6. The zero-order chi connectivity index (χ0) is 21.9. The van der Waals surface area contributed by atoms with E-state index < -0.39 is 6.10 Å². The second-order valence-electron chi connectivity index (χ2n) is 8.03. The van der Waals surface area contributed by atoms with Gasteiger partial charge in [0.15, 0.2) is 0 Å². The smallest absolute Gasteiger partial charge is 0.331 e. The summed E-state index contributed by atoms with van der Waals surface area (Å²) in [5, 5.41) is 10.5. The Bertz CT molecular complexity index is 1440. The molecule has 5 rings (SSSR count). The van der Waals surface area contributed by atoms with Crippen LogP contribution in [0.2, 0.25) is 0 Å². The lowest BCUT2D eigenvalue weighted by atomic mass is 10.0. The molecule has 0 unspecified atom stereocenters. The minimum atomic E-state index is -0.514. The van der Waals surface area contributed by atoms with Gasteiger partial charge in [0, 0.05) is 20.6 Å². The van der Waals surface area contributed by atoms with E-state index in [1.54, 1.807) is 25.2 Å². The number of hydrogen-bond acceptors (Lipinski definition) is 4. The van der Waals surface area contributed by atoms with Crippen molar-refractivity contribution in [1.29, 1.82) is 0 Å². The topological polar surface area (TPSA) is 78.4 Å². The molecular weight excluding hydrogens is 394 g/mol. The SMILES string of the molecule is Cc1ccc(-c2c3c(=O)n(C)c(=O)n(C)c3c3n2CCO[C@@H]3c2cccc(O)c2)cc1. The largest absolute Gasteiger partial charge is 0.508 e. The monoisotopic (exact) mass is 417 g/mol. The Morgan fingerprint density at radius 1 is 1.03 bits per heavy atom. The fraction of sp³-hybridized carbons (Fsp3) is 0.250. The van der Waals surface area contributed by atoms with E-state index in [-0.39, 0.29) is 17.0 Å². The predicted octanol–water partition coefficient (Wildman–Crippen LogP) is 2.84. The maximum atomic E-state index is 13.3. The van der Waals surface area contributed by atoms with Crippen LogP contribution in [0.1, 0.15) is 22.9 Å². The van der Waals surface area contributed by atoms with Crippen LogP contribution in [0.25, 0.3) is 22.2 Å². The molecule has 0 saturated heterocycles. The van der Waals surface area contributed by atoms with Crippen LogP contribution < -0.4 is 11.2 Å². The Labute approximate surface area is 178 Å². The summed E-state index contributed by atoms with van der Waals surface area (Å²) >= 11 is 0. The Kier molecular flexibility index (Phi) is 4.37. The maximum Gasteiger partial charge on any atom is 0.331 e. The zero-order valence-corrected chi connectivity index (χ0v) is 17.6. The van der Waals surface area contributed by atoms with Crippen molar-refractivity contribution in [2.75, 3.05) is 6.61 Å². The van der Waals surface area contributed by atoms with E-state index in [9.17, 15) is 14.7 Å². The van der Waals surface area contributed by atoms with Crippen molar-refractivity contribution in [2.45, 2.75) is 19.6 Å². The van der Waals surface area contributed by atoms with E-state index >= 15 is 0 Å². The molecule has 1 aliphatic heterocycles. The van der Waals surface area contributed by atoms with Crippen molar-refractivity contribution < 1.29 is 9.84 Å². The lowest BCUT2D eigenvalue weighted by molar-refractivity contribution is 0.0477. The summed E-state index contributed by atoms with van der Waals surface area (Å²) in [5.74, 6) is 0.137. The lowest BCUT2D eigenvalue weighted by Crippen LogP contribution is -2.37. The first-order valence-corrected chi connectivity index (χ1v) is 10.2. The summed E-state index contributed by atoms with van der Waals surface area (Å²) in [7, 11) is 3.18. The van der Waals surface area contributed by atoms with Crippen LogP contribution in [-0.2, 0) is 25.4 Å². The highest BCUT2D eigenvalue weighted by atomic mass is 16.5. The summed E-state index contributed by atoms with van der Waals surface area (Å²) in [5.41, 5.74) is 4.19. The number of aromatic hydroxyl groups is 1. The van der Waals surface area contributed by atoms with E-state index in [0.29, 0.717) is 24.1 Å². The molecule has 3 heterocycles. The second-order valence-corrected chi connectivity index (χ2v) is 8.03. The first-order valence-electron chi connectivity index (χ1n) is 10.2. The average Bonchev–Trinajstić information content (AvgIpc) is 3.12. The molecule has 0 amide bonds. The first-order chi connectivity index (χ1) is 14.9. The molecule has 2 aromatic heterocycles. The third-order valence-electron chi connectivity index (χ3n) is 6.05. The first kappa shape index (κ1) is 19.4. The van der Waals surface area contributed by atoms with Gasteiger partial charge in [0.25, 0.3) is 5.56 Å². The fourth-order valence-electron chi connectivity index (χ4n) is 4.53. The van der Waals surface area contributed by atoms with Gasteiger partial charge in [-0.1, -0.05) is 42.0 Å². The van der Waals surface area contributed by atoms with Crippen molar-refractivity contribution in [1.82, 2.24) is 13.7 Å². The Morgan fingerprint density at radius 3 is 2.48 bits per heavy atom. The van der Waals surface area contributed by atoms with Crippen LogP contribution in [0.4, 0.5) is 0 Å². The molecule has 158 valence electrons. The standard InChI is InChI=1S/C24H23N3O4/c1-14-7-9-15(10-8-14)19-18-20(25(2)24(30)26(3)23(18)29)21-22(31-12-11-27(19)21)16-5-4-6-17(28)13-16/h4-10,13,22,28H,11-12H2,1-3H3/t22-/m1/s1. The third-order valence-corrected chi connectivity index (χ3v) is 6.05. The highest BCUT2D eigenvalue weighted by molar-refractivity contribution is 5.96. The number of aryl methyl sites for hydroxylation is 2. The Morgan fingerprint density at radius 2 is 1.77 bits per heavy atom. The molecule has 0 radical (unpaired) electrons. The number of ether oxygens (including phenoxy) is 1. The average molecular weight is 417 g/mol. The van der Waals surface area contributed by atoms with E-state index in [1.807, 2.05) is 37.3 Å². The van der Waals surface area contributed by atoms with Gasteiger partial charge in [-0.2, -0.15) is 0 Å². The van der Waals surface area contributed by atoms with Crippen LogP contribution >= 0.6 is 0 Å². The molecule has 4 aromatic rings. The number of benzene rings is 2. The quantitative estimate of drug-likeness (QED) is 0.544. The third kappa shape index (κ3) is 2.84. The summed E-state index contributed by atoms with van der Waals surface area (Å²) in [6.07, 6.45) is -0.514. The second kappa shape index (κ2) is 6.99. The number of phenols is 1. The number of nitrogens with zero attached hydrogens (tertiary/aromatic N) is 3. The van der Waals surface area contributed by atoms with Crippen molar-refractivity contribution in [3.8, 4) is 17.0 Å². The highest BCUT2D eigenvalue weighted by Crippen LogP contribution is 2.41. The van der Waals surface area contributed by atoms with E-state index in [0.717, 1.165) is 32.6 Å². The summed E-state index contributed by atoms with van der Waals surface area (Å²) < 4.78 is 10.9. The highest BCUT2D eigenvalue weighted by Gasteiger charge is 2.33. The number of hydrogen-bond donors (Lipinski definition) is 1. The van der Waals surface area contributed by atoms with Crippen LogP contribution in [0.3, 0.4) is 0 Å². The van der Waals surface area contributed by atoms with Crippen LogP contribution in [-0.4, -0.2) is 25.4 Å². The van der Waals surface area contributed by atoms with Gasteiger partial charge in [0.05, 0.1) is 28.9 Å². The van der Waals surface area contributed by atoms with E-state index in [2.05, 4.69) is 4.57 Å². The van der Waals surface area contributed by atoms with Crippen molar-refractivity contribution in [3.05, 3.63) is 86.2 Å². The van der Waals surface area contributed by atoms with Gasteiger partial charge in [-0.15, -0.1) is 0 Å². The maximum absolute atomic E-state index is 13.3. The van der Waals surface area contributed by atoms with Gasteiger partial charge < -0.3 is 14.4 Å². The molecule has 0 saturated carbocycles. The minimum absolute atomic E-state index is 0.137. The Balaban J connectivity index is 1.94. The number of phenolic OH excluding ortho intramolecular Hbond substituents is 1. The molecule has 7 nitrogen and oxygen atoms in total. The van der Waals surface area contributed by atoms with Crippen LogP contribution in [0.15, 0.2) is 58.1 Å². The molecule has 0 fully saturated rings. The molecule has 0 bridgehead atoms. The van der Waals surface area contributed by atoms with Gasteiger partial charge in [0.2, 0.25) is 0 Å². The fourth-order valence-corrected chi connectivity index (χ4v) is 4.53. The molecule has 0 aliphatic carbocycles. The van der Waals surface area contributed by atoms with Gasteiger partial charge in [0.1, 0.15) is 11.9 Å². The van der Waals surface area contributed by atoms with Gasteiger partial charge in [-0.3, -0.25) is 13.9 Å². The minimum Gasteiger partial charge on any atom is -0.508 e. The van der Waals surface area contributed by atoms with Crippen molar-refractivity contribution in [2.24, 2.45) is 14.1 Å². The van der Waals surface area contributed by atoms with Crippen LogP contribution in [0.5, 0.6) is 5.75 Å². The molecule has 1 atom stereocenters. The summed E-state index contributed by atoms with van der Waals surface area (Å²) in [6, 6.07) is 14.9. The van der Waals surface area contributed by atoms with E-state index in [4.69, 9.17) is 4.74 Å². The van der Waals surface area contributed by atoms with Crippen molar-refractivity contribution in [3.63, 3.8) is 0 Å². The summed E-state index contributed by atoms with van der Waals surface area (Å²) in [4.78, 5) is 26.1. The molecule has 31 heavy (non-hydrogen) atoms. The van der Waals surface area contributed by atoms with Crippen molar-refractivity contribution >= 4 is 10.9 Å². The van der Waals surface area contributed by atoms with Crippen LogP contribution in [0, 0.1) is 6.92 Å². The van der Waals surface area contributed by atoms with Gasteiger partial charge in [-0.05, 0) is 30.2 Å². The molecule has 1 N–H and O–H groups in total. The predicted molar refractivity (Wildman–Crippen MR) is 118 cm³/mol. The number of rotatable bonds is 2. The Hall–Kier alpha value is -3.58. The molecular formula is C24H23N3O4. The number of aromatic nitrogens is 3. The number of fused-ring (bicyclic) bond motifs is 3. The lowest BCUT2D eigenvalue weighted by Gasteiger charge is -2.27. The van der Waals surface area contributed by atoms with Gasteiger partial charge in [-0.25, -0.2) is 4.79 Å². The molecule has 2 aromatic carbocycles. The van der Waals surface area contributed by atoms with Gasteiger partial charge >= 0.3 is 5.69 Å².